The minimum absolute atomic E-state index is 0.183. The minimum atomic E-state index is -0.868. The predicted octanol–water partition coefficient (Wildman–Crippen LogP) is 3.95. The van der Waals surface area contributed by atoms with Crippen molar-refractivity contribution in [3.8, 4) is 17.6 Å². The molecule has 168 valence electrons. The van der Waals surface area contributed by atoms with Crippen LogP contribution in [0.5, 0.6) is 11.5 Å². The van der Waals surface area contributed by atoms with Crippen LogP contribution >= 0.6 is 11.6 Å². The third kappa shape index (κ3) is 4.89. The summed E-state index contributed by atoms with van der Waals surface area (Å²) in [7, 11) is 1.43. The molecule has 9 heteroatoms. The van der Waals surface area contributed by atoms with Crippen LogP contribution in [0.25, 0.3) is 6.08 Å². The van der Waals surface area contributed by atoms with Crippen LogP contribution in [-0.2, 0) is 16.0 Å². The van der Waals surface area contributed by atoms with Gasteiger partial charge in [0.2, 0.25) is 0 Å². The Labute approximate surface area is 195 Å². The normalized spacial score (nSPS) is 14.7. The highest BCUT2D eigenvalue weighted by atomic mass is 35.5. The summed E-state index contributed by atoms with van der Waals surface area (Å²) in [4.78, 5) is 38.9. The van der Waals surface area contributed by atoms with Crippen molar-refractivity contribution < 1.29 is 23.9 Å². The Hall–Kier alpha value is -4.09. The van der Waals surface area contributed by atoms with Crippen molar-refractivity contribution >= 4 is 41.2 Å². The molecule has 0 unspecified atom stereocenters. The summed E-state index contributed by atoms with van der Waals surface area (Å²) in [6.07, 6.45) is 3.39. The fourth-order valence-electron chi connectivity index (χ4n) is 3.27. The van der Waals surface area contributed by atoms with Crippen molar-refractivity contribution in [3.63, 3.8) is 0 Å². The molecular weight excluding hydrogens is 446 g/mol. The van der Waals surface area contributed by atoms with Crippen molar-refractivity contribution in [2.75, 3.05) is 18.6 Å². The average Bonchev–Trinajstić information content (AvgIpc) is 2.78. The molecule has 3 rings (SSSR count). The van der Waals surface area contributed by atoms with Gasteiger partial charge in [0, 0.05) is 10.6 Å². The first-order valence-electron chi connectivity index (χ1n) is 9.79. The number of ether oxygens (including phenoxy) is 2. The van der Waals surface area contributed by atoms with Crippen LogP contribution in [0, 0.1) is 18.3 Å². The number of carbonyl (C=O) groups excluding carboxylic acids is 3. The first-order chi connectivity index (χ1) is 15.8. The van der Waals surface area contributed by atoms with Crippen LogP contribution in [0.4, 0.5) is 10.5 Å². The average molecular weight is 466 g/mol. The number of carbonyl (C=O) groups is 3. The molecule has 0 spiro atoms. The van der Waals surface area contributed by atoms with Crippen LogP contribution < -0.4 is 19.7 Å². The lowest BCUT2D eigenvalue weighted by atomic mass is 10.0. The van der Waals surface area contributed by atoms with Gasteiger partial charge in [-0.25, -0.2) is 9.69 Å². The number of halogens is 1. The zero-order valence-corrected chi connectivity index (χ0v) is 18.7. The van der Waals surface area contributed by atoms with Gasteiger partial charge in [-0.15, -0.1) is 6.58 Å². The maximum atomic E-state index is 13.1. The topological polar surface area (TPSA) is 109 Å². The van der Waals surface area contributed by atoms with Gasteiger partial charge >= 0.3 is 6.03 Å². The molecule has 0 atom stereocenters. The molecule has 0 radical (unpaired) electrons. The van der Waals surface area contributed by atoms with Crippen LogP contribution in [0.3, 0.4) is 0 Å². The molecule has 33 heavy (non-hydrogen) atoms. The Morgan fingerprint density at radius 1 is 1.24 bits per heavy atom. The number of allylic oxidation sites excluding steroid dienone is 1. The summed E-state index contributed by atoms with van der Waals surface area (Å²) in [5.41, 5.74) is 1.87. The number of nitriles is 1. The van der Waals surface area contributed by atoms with E-state index < -0.39 is 17.8 Å². The van der Waals surface area contributed by atoms with Crippen LogP contribution in [0.1, 0.15) is 16.7 Å². The Bertz CT molecular complexity index is 1230. The quantitative estimate of drug-likeness (QED) is 0.376. The van der Waals surface area contributed by atoms with Crippen LogP contribution in [-0.4, -0.2) is 31.6 Å². The zero-order valence-electron chi connectivity index (χ0n) is 18.0. The molecule has 2 aromatic rings. The van der Waals surface area contributed by atoms with Gasteiger partial charge in [-0.2, -0.15) is 5.26 Å². The summed E-state index contributed by atoms with van der Waals surface area (Å²) >= 11 is 6.15. The molecule has 1 aliphatic rings. The van der Waals surface area contributed by atoms with Crippen molar-refractivity contribution in [2.45, 2.75) is 13.3 Å². The summed E-state index contributed by atoms with van der Waals surface area (Å²) in [5.74, 6) is -0.934. The van der Waals surface area contributed by atoms with E-state index in [4.69, 9.17) is 26.3 Å². The predicted molar refractivity (Wildman–Crippen MR) is 123 cm³/mol. The highest BCUT2D eigenvalue weighted by molar-refractivity contribution is 6.39. The standard InChI is InChI=1S/C24H20ClN3O5/c1-4-5-16-10-15(12-20(32-3)21(16)33-9-8-26)11-18-22(29)27-24(31)28(23(18)30)17-7-6-14(2)19(25)13-17/h4,6-7,10-13H,1,5,9H2,2-3H3,(H,27,29,31)/b18-11-. The molecule has 2 aromatic carbocycles. The van der Waals surface area contributed by atoms with E-state index in [-0.39, 0.29) is 17.9 Å². The Balaban J connectivity index is 2.07. The molecule has 0 bridgehead atoms. The molecule has 0 aliphatic carbocycles. The van der Waals surface area contributed by atoms with E-state index in [0.717, 1.165) is 10.5 Å². The fourth-order valence-corrected chi connectivity index (χ4v) is 3.45. The Morgan fingerprint density at radius 2 is 2.00 bits per heavy atom. The summed E-state index contributed by atoms with van der Waals surface area (Å²) in [6.45, 7) is 5.32. The maximum absolute atomic E-state index is 13.1. The lowest BCUT2D eigenvalue weighted by Crippen LogP contribution is -2.54. The largest absolute Gasteiger partial charge is 0.493 e. The van der Waals surface area contributed by atoms with E-state index in [0.29, 0.717) is 34.1 Å². The van der Waals surface area contributed by atoms with E-state index in [1.807, 2.05) is 6.07 Å². The third-order valence-electron chi connectivity index (χ3n) is 4.85. The van der Waals surface area contributed by atoms with Gasteiger partial charge in [0.25, 0.3) is 11.8 Å². The number of methoxy groups -OCH3 is 1. The van der Waals surface area contributed by atoms with E-state index in [2.05, 4.69) is 11.9 Å². The van der Waals surface area contributed by atoms with E-state index in [1.165, 1.54) is 19.3 Å². The van der Waals surface area contributed by atoms with Gasteiger partial charge in [-0.05, 0) is 54.8 Å². The highest BCUT2D eigenvalue weighted by Gasteiger charge is 2.37. The number of nitrogens with zero attached hydrogens (tertiary/aromatic N) is 2. The number of urea groups is 1. The summed E-state index contributed by atoms with van der Waals surface area (Å²) in [5, 5.41) is 11.4. The number of amides is 4. The molecule has 1 N–H and O–H groups in total. The Kier molecular flexibility index (Phi) is 7.16. The number of nitrogens with one attached hydrogen (secondary N) is 1. The lowest BCUT2D eigenvalue weighted by molar-refractivity contribution is -0.122. The molecular formula is C24H20ClN3O5. The molecule has 8 nitrogen and oxygen atoms in total. The van der Waals surface area contributed by atoms with Crippen molar-refractivity contribution in [1.29, 1.82) is 5.26 Å². The van der Waals surface area contributed by atoms with Gasteiger partial charge in [0.1, 0.15) is 11.6 Å². The molecule has 1 fully saturated rings. The number of aryl methyl sites for hydroxylation is 1. The van der Waals surface area contributed by atoms with Gasteiger partial charge in [0.05, 0.1) is 12.8 Å². The molecule has 0 aromatic heterocycles. The maximum Gasteiger partial charge on any atom is 0.335 e. The van der Waals surface area contributed by atoms with Gasteiger partial charge < -0.3 is 9.47 Å². The summed E-state index contributed by atoms with van der Waals surface area (Å²) in [6, 6.07) is 9.01. The fraction of sp³-hybridized carbons (Fsp3) is 0.167. The summed E-state index contributed by atoms with van der Waals surface area (Å²) < 4.78 is 10.9. The lowest BCUT2D eigenvalue weighted by Gasteiger charge is -2.26. The molecule has 1 heterocycles. The van der Waals surface area contributed by atoms with Crippen molar-refractivity contribution in [2.24, 2.45) is 0 Å². The van der Waals surface area contributed by atoms with E-state index in [9.17, 15) is 14.4 Å². The molecule has 1 saturated heterocycles. The zero-order chi connectivity index (χ0) is 24.1. The monoisotopic (exact) mass is 465 g/mol. The number of hydrogen-bond acceptors (Lipinski definition) is 6. The molecule has 0 saturated carbocycles. The van der Waals surface area contributed by atoms with Gasteiger partial charge in [0.15, 0.2) is 18.1 Å². The number of imide groups is 2. The first-order valence-corrected chi connectivity index (χ1v) is 10.2. The first kappa shape index (κ1) is 23.6. The van der Waals surface area contributed by atoms with Gasteiger partial charge in [-0.1, -0.05) is 23.7 Å². The van der Waals surface area contributed by atoms with Gasteiger partial charge in [-0.3, -0.25) is 14.9 Å². The minimum Gasteiger partial charge on any atom is -0.493 e. The second-order valence-corrected chi connectivity index (χ2v) is 7.45. The number of rotatable bonds is 7. The number of anilines is 1. The number of benzene rings is 2. The third-order valence-corrected chi connectivity index (χ3v) is 5.25. The van der Waals surface area contributed by atoms with E-state index >= 15 is 0 Å². The number of barbiturate groups is 1. The molecule has 4 amide bonds. The second kappa shape index (κ2) is 10.0. The molecule has 1 aliphatic heterocycles. The Morgan fingerprint density at radius 3 is 2.64 bits per heavy atom. The van der Waals surface area contributed by atoms with Crippen molar-refractivity contribution in [3.05, 3.63) is 70.3 Å². The highest BCUT2D eigenvalue weighted by Crippen LogP contribution is 2.35. The number of hydrogen-bond donors (Lipinski definition) is 1. The smallest absolute Gasteiger partial charge is 0.335 e. The van der Waals surface area contributed by atoms with Crippen LogP contribution in [0.15, 0.2) is 48.6 Å². The second-order valence-electron chi connectivity index (χ2n) is 7.04. The van der Waals surface area contributed by atoms with Crippen LogP contribution in [0.2, 0.25) is 5.02 Å². The van der Waals surface area contributed by atoms with E-state index in [1.54, 1.807) is 37.3 Å². The van der Waals surface area contributed by atoms with Crippen molar-refractivity contribution in [1.82, 2.24) is 5.32 Å². The SMILES string of the molecule is C=CCc1cc(/C=C2/C(=O)NC(=O)N(c3ccc(C)c(Cl)c3)C2=O)cc(OC)c1OCC#N.